The summed E-state index contributed by atoms with van der Waals surface area (Å²) >= 11 is 0. The van der Waals surface area contributed by atoms with Gasteiger partial charge in [-0.2, -0.15) is 0 Å². The van der Waals surface area contributed by atoms with Crippen molar-refractivity contribution in [3.63, 3.8) is 0 Å². The van der Waals surface area contributed by atoms with Crippen LogP contribution in [0.2, 0.25) is 0 Å². The quantitative estimate of drug-likeness (QED) is 0.803. The molecule has 1 fully saturated rings. The maximum absolute atomic E-state index is 12.0. The first-order chi connectivity index (χ1) is 9.26. The molecule has 1 amide bonds. The fourth-order valence-corrected chi connectivity index (χ4v) is 3.78. The van der Waals surface area contributed by atoms with Gasteiger partial charge in [-0.1, -0.05) is 26.0 Å². The highest BCUT2D eigenvalue weighted by molar-refractivity contribution is 8.13. The van der Waals surface area contributed by atoms with Gasteiger partial charge in [-0.15, -0.1) is 0 Å². The fourth-order valence-electron chi connectivity index (χ4n) is 2.46. The van der Waals surface area contributed by atoms with E-state index in [0.29, 0.717) is 12.5 Å². The molecule has 1 unspecified atom stereocenters. The van der Waals surface area contributed by atoms with Gasteiger partial charge in [-0.05, 0) is 23.6 Å². The van der Waals surface area contributed by atoms with Gasteiger partial charge in [0.15, 0.2) is 0 Å². The molecule has 20 heavy (non-hydrogen) atoms. The SMILES string of the molecule is CC(C)c1ccc(N2CC(CS(=O)(=O)Cl)CC2=O)cc1. The topological polar surface area (TPSA) is 54.5 Å². The van der Waals surface area contributed by atoms with Gasteiger partial charge in [0.25, 0.3) is 0 Å². The molecule has 4 nitrogen and oxygen atoms in total. The highest BCUT2D eigenvalue weighted by atomic mass is 35.7. The molecule has 1 saturated heterocycles. The summed E-state index contributed by atoms with van der Waals surface area (Å²) in [7, 11) is 1.69. The molecule has 0 bridgehead atoms. The number of carbonyl (C=O) groups is 1. The minimum atomic E-state index is -3.56. The highest BCUT2D eigenvalue weighted by Gasteiger charge is 2.33. The number of carbonyl (C=O) groups excluding carboxylic acids is 1. The van der Waals surface area contributed by atoms with Crippen LogP contribution in [0.15, 0.2) is 24.3 Å². The summed E-state index contributed by atoms with van der Waals surface area (Å²) in [5.74, 6) is 0.00999. The first-order valence-electron chi connectivity index (χ1n) is 6.59. The molecule has 1 aliphatic rings. The average Bonchev–Trinajstić information content (AvgIpc) is 2.67. The van der Waals surface area contributed by atoms with E-state index in [1.54, 1.807) is 4.90 Å². The van der Waals surface area contributed by atoms with Crippen LogP contribution in [0.4, 0.5) is 5.69 Å². The number of hydrogen-bond acceptors (Lipinski definition) is 3. The summed E-state index contributed by atoms with van der Waals surface area (Å²) in [5.41, 5.74) is 2.02. The number of hydrogen-bond donors (Lipinski definition) is 0. The van der Waals surface area contributed by atoms with Gasteiger partial charge in [0.1, 0.15) is 0 Å². The zero-order valence-corrected chi connectivity index (χ0v) is 13.1. The standard InChI is InChI=1S/C14H18ClNO3S/c1-10(2)12-3-5-13(6-4-12)16-8-11(7-14(16)17)9-20(15,18)19/h3-6,10-11H,7-9H2,1-2H3. The van der Waals surface area contributed by atoms with E-state index in [2.05, 4.69) is 13.8 Å². The van der Waals surface area contributed by atoms with Crippen LogP contribution in [-0.4, -0.2) is 26.6 Å². The molecule has 0 radical (unpaired) electrons. The Balaban J connectivity index is 2.11. The van der Waals surface area contributed by atoms with Crippen LogP contribution < -0.4 is 4.90 Å². The second-order valence-electron chi connectivity index (χ2n) is 5.53. The van der Waals surface area contributed by atoms with Crippen molar-refractivity contribution in [3.8, 4) is 0 Å². The van der Waals surface area contributed by atoms with E-state index < -0.39 is 9.05 Å². The Morgan fingerprint density at radius 3 is 2.40 bits per heavy atom. The maximum atomic E-state index is 12.0. The van der Waals surface area contributed by atoms with Crippen molar-refractivity contribution in [2.45, 2.75) is 26.2 Å². The largest absolute Gasteiger partial charge is 0.312 e. The van der Waals surface area contributed by atoms with Crippen molar-refractivity contribution in [2.24, 2.45) is 5.92 Å². The Bertz CT molecular complexity index is 595. The van der Waals surface area contributed by atoms with Gasteiger partial charge in [0.2, 0.25) is 15.0 Å². The van der Waals surface area contributed by atoms with E-state index in [-0.39, 0.29) is 24.0 Å². The third-order valence-corrected chi connectivity index (χ3v) is 4.76. The predicted molar refractivity (Wildman–Crippen MR) is 80.6 cm³/mol. The smallest absolute Gasteiger partial charge is 0.232 e. The van der Waals surface area contributed by atoms with Gasteiger partial charge in [0, 0.05) is 35.3 Å². The van der Waals surface area contributed by atoms with Crippen molar-refractivity contribution in [2.75, 3.05) is 17.2 Å². The third-order valence-electron chi connectivity index (χ3n) is 3.51. The van der Waals surface area contributed by atoms with Gasteiger partial charge in [-0.25, -0.2) is 8.42 Å². The van der Waals surface area contributed by atoms with Crippen LogP contribution in [0.25, 0.3) is 0 Å². The van der Waals surface area contributed by atoms with Crippen LogP contribution in [0.3, 0.4) is 0 Å². The van der Waals surface area contributed by atoms with Gasteiger partial charge in [-0.3, -0.25) is 4.79 Å². The first kappa shape index (κ1) is 15.3. The van der Waals surface area contributed by atoms with E-state index in [4.69, 9.17) is 10.7 Å². The number of halogens is 1. The zero-order valence-electron chi connectivity index (χ0n) is 11.5. The molecule has 0 N–H and O–H groups in total. The van der Waals surface area contributed by atoms with Crippen LogP contribution in [0.5, 0.6) is 0 Å². The van der Waals surface area contributed by atoms with Gasteiger partial charge >= 0.3 is 0 Å². The van der Waals surface area contributed by atoms with Crippen molar-refractivity contribution < 1.29 is 13.2 Å². The molecule has 0 aliphatic carbocycles. The van der Waals surface area contributed by atoms with E-state index in [1.165, 1.54) is 5.56 Å². The number of rotatable bonds is 4. The van der Waals surface area contributed by atoms with Crippen molar-refractivity contribution >= 4 is 31.3 Å². The summed E-state index contributed by atoms with van der Waals surface area (Å²) < 4.78 is 22.2. The van der Waals surface area contributed by atoms with Crippen molar-refractivity contribution in [3.05, 3.63) is 29.8 Å². The molecule has 1 aliphatic heterocycles. The molecular formula is C14H18ClNO3S. The minimum absolute atomic E-state index is 0.0485. The van der Waals surface area contributed by atoms with Crippen LogP contribution in [-0.2, 0) is 13.8 Å². The number of nitrogens with zero attached hydrogens (tertiary/aromatic N) is 1. The highest BCUT2D eigenvalue weighted by Crippen LogP contribution is 2.27. The van der Waals surface area contributed by atoms with E-state index >= 15 is 0 Å². The zero-order chi connectivity index (χ0) is 14.9. The lowest BCUT2D eigenvalue weighted by atomic mass is 10.0. The molecule has 0 spiro atoms. The predicted octanol–water partition coefficient (Wildman–Crippen LogP) is 2.73. The monoisotopic (exact) mass is 315 g/mol. The van der Waals surface area contributed by atoms with Crippen molar-refractivity contribution in [1.82, 2.24) is 0 Å². The lowest BCUT2D eigenvalue weighted by molar-refractivity contribution is -0.117. The normalized spacial score (nSPS) is 19.9. The van der Waals surface area contributed by atoms with Gasteiger partial charge < -0.3 is 4.90 Å². The summed E-state index contributed by atoms with van der Waals surface area (Å²) in [5, 5.41) is 0. The van der Waals surface area contributed by atoms with E-state index in [9.17, 15) is 13.2 Å². The molecule has 1 atom stereocenters. The second-order valence-corrected chi connectivity index (χ2v) is 8.35. The molecule has 1 heterocycles. The van der Waals surface area contributed by atoms with E-state index in [0.717, 1.165) is 5.69 Å². The average molecular weight is 316 g/mol. The number of amides is 1. The molecule has 1 aromatic carbocycles. The minimum Gasteiger partial charge on any atom is -0.312 e. The Hall–Kier alpha value is -1.07. The van der Waals surface area contributed by atoms with Crippen LogP contribution in [0.1, 0.15) is 31.7 Å². The molecule has 110 valence electrons. The lowest BCUT2D eigenvalue weighted by Gasteiger charge is -2.17. The molecule has 6 heteroatoms. The second kappa shape index (κ2) is 5.74. The Kier molecular flexibility index (Phi) is 4.39. The Labute approximate surface area is 124 Å². The van der Waals surface area contributed by atoms with Crippen LogP contribution in [0, 0.1) is 5.92 Å². The lowest BCUT2D eigenvalue weighted by Crippen LogP contribution is -2.25. The first-order valence-corrected chi connectivity index (χ1v) is 9.07. The number of anilines is 1. The maximum Gasteiger partial charge on any atom is 0.232 e. The molecule has 0 saturated carbocycles. The van der Waals surface area contributed by atoms with E-state index in [1.807, 2.05) is 24.3 Å². The molecular weight excluding hydrogens is 298 g/mol. The van der Waals surface area contributed by atoms with Crippen molar-refractivity contribution in [1.29, 1.82) is 0 Å². The summed E-state index contributed by atoms with van der Waals surface area (Å²) in [6.45, 7) is 4.63. The van der Waals surface area contributed by atoms with Crippen LogP contribution >= 0.6 is 10.7 Å². The number of benzene rings is 1. The molecule has 2 rings (SSSR count). The third kappa shape index (κ3) is 3.73. The summed E-state index contributed by atoms with van der Waals surface area (Å²) in [6.07, 6.45) is 0.234. The summed E-state index contributed by atoms with van der Waals surface area (Å²) in [4.78, 5) is 13.6. The Morgan fingerprint density at radius 1 is 1.30 bits per heavy atom. The summed E-state index contributed by atoms with van der Waals surface area (Å²) in [6, 6.07) is 7.81. The molecule has 1 aromatic rings. The van der Waals surface area contributed by atoms with Gasteiger partial charge in [0.05, 0.1) is 5.75 Å². The molecule has 0 aromatic heterocycles. The Morgan fingerprint density at radius 2 is 1.90 bits per heavy atom. The fraction of sp³-hybridized carbons (Fsp3) is 0.500.